The SMILES string of the molecule is C=O.Clc1ccc(-c2ccc(Cl)cc2)cc1.Clc1ccc(-c2ccc(Cl)cc2)cc1. The van der Waals surface area contributed by atoms with Gasteiger partial charge in [0.05, 0.1) is 0 Å². The first-order valence-electron chi connectivity index (χ1n) is 8.83. The highest BCUT2D eigenvalue weighted by atomic mass is 35.5. The normalized spacial score (nSPS) is 9.60. The van der Waals surface area contributed by atoms with Gasteiger partial charge in [-0.05, 0) is 70.8 Å². The minimum Gasteiger partial charge on any atom is -0.307 e. The van der Waals surface area contributed by atoms with Crippen molar-refractivity contribution in [1.82, 2.24) is 0 Å². The van der Waals surface area contributed by atoms with E-state index in [9.17, 15) is 0 Å². The first-order chi connectivity index (χ1) is 14.5. The number of halogens is 4. The molecule has 0 saturated heterocycles. The van der Waals surface area contributed by atoms with E-state index in [1.54, 1.807) is 0 Å². The van der Waals surface area contributed by atoms with Gasteiger partial charge in [-0.1, -0.05) is 94.9 Å². The first kappa shape index (κ1) is 24.0. The Balaban J connectivity index is 0.000000197. The molecular weight excluding hydrogens is 458 g/mol. The molecule has 1 nitrogen and oxygen atoms in total. The summed E-state index contributed by atoms with van der Waals surface area (Å²) in [7, 11) is 0. The van der Waals surface area contributed by atoms with Crippen LogP contribution in [0.2, 0.25) is 20.1 Å². The second-order valence-corrected chi connectivity index (χ2v) is 7.77. The minimum atomic E-state index is 0.753. The molecule has 0 amide bonds. The third kappa shape index (κ3) is 7.51. The summed E-state index contributed by atoms with van der Waals surface area (Å²) in [5, 5.41) is 3.01. The molecule has 0 unspecified atom stereocenters. The van der Waals surface area contributed by atoms with Crippen molar-refractivity contribution in [3.8, 4) is 22.3 Å². The summed E-state index contributed by atoms with van der Waals surface area (Å²) < 4.78 is 0. The molecule has 0 atom stereocenters. The first-order valence-corrected chi connectivity index (χ1v) is 10.3. The average Bonchev–Trinajstić information content (AvgIpc) is 2.78. The Hall–Kier alpha value is -2.29. The molecule has 4 aromatic carbocycles. The van der Waals surface area contributed by atoms with Crippen molar-refractivity contribution in [1.29, 1.82) is 0 Å². The predicted octanol–water partition coefficient (Wildman–Crippen LogP) is 9.14. The Morgan fingerprint density at radius 3 is 0.600 bits per heavy atom. The van der Waals surface area contributed by atoms with Crippen molar-refractivity contribution >= 4 is 53.2 Å². The number of hydrogen-bond donors (Lipinski definition) is 0. The number of hydrogen-bond acceptors (Lipinski definition) is 1. The lowest BCUT2D eigenvalue weighted by molar-refractivity contribution is -0.0979. The van der Waals surface area contributed by atoms with Crippen LogP contribution in [0.3, 0.4) is 0 Å². The van der Waals surface area contributed by atoms with Gasteiger partial charge in [-0.3, -0.25) is 0 Å². The maximum atomic E-state index is 8.00. The van der Waals surface area contributed by atoms with E-state index in [0.29, 0.717) is 0 Å². The van der Waals surface area contributed by atoms with Gasteiger partial charge in [-0.25, -0.2) is 0 Å². The number of carbonyl (C=O) groups excluding carboxylic acids is 1. The van der Waals surface area contributed by atoms with E-state index in [1.165, 1.54) is 0 Å². The predicted molar refractivity (Wildman–Crippen MR) is 131 cm³/mol. The van der Waals surface area contributed by atoms with Crippen LogP contribution in [0.25, 0.3) is 22.3 Å². The smallest absolute Gasteiger partial charge is 0.106 e. The van der Waals surface area contributed by atoms with Crippen molar-refractivity contribution in [2.24, 2.45) is 0 Å². The molecule has 5 heteroatoms. The molecule has 0 N–H and O–H groups in total. The Labute approximate surface area is 196 Å². The van der Waals surface area contributed by atoms with Crippen LogP contribution in [0.4, 0.5) is 0 Å². The summed E-state index contributed by atoms with van der Waals surface area (Å²) in [5.41, 5.74) is 4.58. The molecule has 0 fully saturated rings. The molecule has 0 aliphatic rings. The van der Waals surface area contributed by atoms with Gasteiger partial charge < -0.3 is 4.79 Å². The summed E-state index contributed by atoms with van der Waals surface area (Å²) in [6.07, 6.45) is 0. The van der Waals surface area contributed by atoms with Crippen molar-refractivity contribution < 1.29 is 4.79 Å². The lowest BCUT2D eigenvalue weighted by Crippen LogP contribution is -1.76. The highest BCUT2D eigenvalue weighted by molar-refractivity contribution is 6.31. The fourth-order valence-electron chi connectivity index (χ4n) is 2.57. The second-order valence-electron chi connectivity index (χ2n) is 6.03. The molecule has 4 rings (SSSR count). The maximum absolute atomic E-state index is 8.00. The van der Waals surface area contributed by atoms with Gasteiger partial charge in [0.15, 0.2) is 0 Å². The van der Waals surface area contributed by atoms with Crippen LogP contribution in [-0.2, 0) is 4.79 Å². The number of benzene rings is 4. The Bertz CT molecular complexity index is 852. The molecule has 0 heterocycles. The number of carbonyl (C=O) groups is 1. The van der Waals surface area contributed by atoms with E-state index in [2.05, 4.69) is 0 Å². The highest BCUT2D eigenvalue weighted by Gasteiger charge is 1.97. The minimum absolute atomic E-state index is 0.753. The third-order valence-electron chi connectivity index (χ3n) is 4.04. The monoisotopic (exact) mass is 474 g/mol. The van der Waals surface area contributed by atoms with E-state index in [1.807, 2.05) is 104 Å². The van der Waals surface area contributed by atoms with E-state index >= 15 is 0 Å². The maximum Gasteiger partial charge on any atom is 0.106 e. The third-order valence-corrected chi connectivity index (χ3v) is 5.05. The Morgan fingerprint density at radius 1 is 0.333 bits per heavy atom. The molecule has 0 spiro atoms. The Morgan fingerprint density at radius 2 is 0.467 bits per heavy atom. The molecule has 0 bridgehead atoms. The Kier molecular flexibility index (Phi) is 9.93. The fourth-order valence-corrected chi connectivity index (χ4v) is 3.07. The van der Waals surface area contributed by atoms with E-state index < -0.39 is 0 Å². The van der Waals surface area contributed by atoms with Crippen molar-refractivity contribution in [2.45, 2.75) is 0 Å². The van der Waals surface area contributed by atoms with E-state index in [-0.39, 0.29) is 0 Å². The van der Waals surface area contributed by atoms with E-state index in [0.717, 1.165) is 42.3 Å². The zero-order valence-corrected chi connectivity index (χ0v) is 18.9. The molecule has 152 valence electrons. The zero-order valence-electron chi connectivity index (χ0n) is 15.9. The molecule has 0 saturated carbocycles. The summed E-state index contributed by atoms with van der Waals surface area (Å²) in [6, 6.07) is 31.0. The molecule has 0 radical (unpaired) electrons. The summed E-state index contributed by atoms with van der Waals surface area (Å²) >= 11 is 23.2. The molecule has 0 aliphatic heterocycles. The van der Waals surface area contributed by atoms with Crippen molar-refractivity contribution in [3.05, 3.63) is 117 Å². The summed E-state index contributed by atoms with van der Waals surface area (Å²) in [4.78, 5) is 8.00. The molecule has 0 aliphatic carbocycles. The van der Waals surface area contributed by atoms with Crippen LogP contribution in [-0.4, -0.2) is 6.79 Å². The molecule has 4 aromatic rings. The largest absolute Gasteiger partial charge is 0.307 e. The van der Waals surface area contributed by atoms with Crippen LogP contribution in [0.15, 0.2) is 97.1 Å². The van der Waals surface area contributed by atoms with E-state index in [4.69, 9.17) is 51.2 Å². The van der Waals surface area contributed by atoms with Crippen LogP contribution in [0.1, 0.15) is 0 Å². The molecule has 0 aromatic heterocycles. The molecule has 30 heavy (non-hydrogen) atoms. The van der Waals surface area contributed by atoms with Crippen LogP contribution >= 0.6 is 46.4 Å². The van der Waals surface area contributed by atoms with Gasteiger partial charge in [0, 0.05) is 20.1 Å². The zero-order chi connectivity index (χ0) is 21.9. The van der Waals surface area contributed by atoms with Gasteiger partial charge in [0.25, 0.3) is 0 Å². The van der Waals surface area contributed by atoms with Crippen molar-refractivity contribution in [2.75, 3.05) is 0 Å². The van der Waals surface area contributed by atoms with Gasteiger partial charge in [0.2, 0.25) is 0 Å². The van der Waals surface area contributed by atoms with Gasteiger partial charge in [0.1, 0.15) is 6.79 Å². The topological polar surface area (TPSA) is 17.1 Å². The summed E-state index contributed by atoms with van der Waals surface area (Å²) in [5.74, 6) is 0. The standard InChI is InChI=1S/2C12H8Cl2.CH2O/c2*13-11-5-1-9(2-6-11)10-3-7-12(14)8-4-10;1-2/h2*1-8H;1H2. The second kappa shape index (κ2) is 12.4. The fraction of sp³-hybridized carbons (Fsp3) is 0. The number of rotatable bonds is 2. The van der Waals surface area contributed by atoms with Gasteiger partial charge in [-0.15, -0.1) is 0 Å². The van der Waals surface area contributed by atoms with Crippen LogP contribution < -0.4 is 0 Å². The van der Waals surface area contributed by atoms with Crippen LogP contribution in [0, 0.1) is 0 Å². The summed E-state index contributed by atoms with van der Waals surface area (Å²) in [6.45, 7) is 2.00. The average molecular weight is 476 g/mol. The van der Waals surface area contributed by atoms with Gasteiger partial charge >= 0.3 is 0 Å². The quantitative estimate of drug-likeness (QED) is 0.282. The molecular formula is C25H18Cl4O. The lowest BCUT2D eigenvalue weighted by Gasteiger charge is -2.01. The van der Waals surface area contributed by atoms with Gasteiger partial charge in [-0.2, -0.15) is 0 Å². The lowest BCUT2D eigenvalue weighted by atomic mass is 10.1. The highest BCUT2D eigenvalue weighted by Crippen LogP contribution is 2.24. The van der Waals surface area contributed by atoms with Crippen molar-refractivity contribution in [3.63, 3.8) is 0 Å². The van der Waals surface area contributed by atoms with Crippen LogP contribution in [0.5, 0.6) is 0 Å².